The summed E-state index contributed by atoms with van der Waals surface area (Å²) in [6.45, 7) is 2.61. The van der Waals surface area contributed by atoms with Gasteiger partial charge in [0.2, 0.25) is 0 Å². The van der Waals surface area contributed by atoms with Crippen LogP contribution < -0.4 is 4.90 Å². The molecule has 0 aliphatic rings. The summed E-state index contributed by atoms with van der Waals surface area (Å²) in [7, 11) is 2.00. The third-order valence-corrected chi connectivity index (χ3v) is 3.11. The molecular formula is C15H19N3O. The number of aliphatic hydroxyl groups excluding tert-OH is 1. The Bertz CT molecular complexity index is 514. The molecule has 2 rings (SSSR count). The maximum absolute atomic E-state index is 9.76. The number of nitrogens with zero attached hydrogens (tertiary/aromatic N) is 3. The maximum Gasteiger partial charge on any atom is 0.134 e. The largest absolute Gasteiger partial charge is 0.389 e. The molecule has 0 bridgehead atoms. The molecule has 0 aromatic carbocycles. The lowest BCUT2D eigenvalue weighted by Gasteiger charge is -2.22. The minimum absolute atomic E-state index is 0.507. The number of pyridine rings is 2. The Labute approximate surface area is 113 Å². The summed E-state index contributed by atoms with van der Waals surface area (Å²) in [5.74, 6) is 0.839. The van der Waals surface area contributed by atoms with Crippen LogP contribution in [-0.4, -0.2) is 28.7 Å². The molecule has 0 fully saturated rings. The molecule has 1 unspecified atom stereocenters. The highest BCUT2D eigenvalue weighted by atomic mass is 16.3. The van der Waals surface area contributed by atoms with Crippen LogP contribution in [0.2, 0.25) is 0 Å². The van der Waals surface area contributed by atoms with E-state index in [-0.39, 0.29) is 0 Å². The van der Waals surface area contributed by atoms with Gasteiger partial charge in [-0.15, -0.1) is 0 Å². The Morgan fingerprint density at radius 3 is 2.63 bits per heavy atom. The molecule has 1 atom stereocenters. The van der Waals surface area contributed by atoms with Crippen LogP contribution in [0.25, 0.3) is 0 Å². The van der Waals surface area contributed by atoms with E-state index in [1.807, 2.05) is 31.3 Å². The van der Waals surface area contributed by atoms with E-state index in [0.29, 0.717) is 0 Å². The number of anilines is 1. The van der Waals surface area contributed by atoms with Crippen LogP contribution in [0.5, 0.6) is 0 Å². The molecule has 0 saturated carbocycles. The number of aliphatic hydroxyl groups is 1. The topological polar surface area (TPSA) is 49.3 Å². The first-order valence-electron chi connectivity index (χ1n) is 6.41. The van der Waals surface area contributed by atoms with Gasteiger partial charge in [-0.3, -0.25) is 4.98 Å². The van der Waals surface area contributed by atoms with Crippen LogP contribution in [-0.2, 0) is 6.42 Å². The highest BCUT2D eigenvalue weighted by Gasteiger charge is 2.12. The highest BCUT2D eigenvalue weighted by Crippen LogP contribution is 2.22. The monoisotopic (exact) mass is 257 g/mol. The summed E-state index contributed by atoms with van der Waals surface area (Å²) in [5.41, 5.74) is 2.11. The molecule has 0 amide bonds. The van der Waals surface area contributed by atoms with Crippen LogP contribution >= 0.6 is 0 Å². The standard InChI is InChI=1S/C15H19N3O/c1-12(19)14-4-3-8-17-15(14)18(2)11-7-13-5-9-16-10-6-13/h3-6,8-10,12,19H,7,11H2,1-2H3. The lowest BCUT2D eigenvalue weighted by molar-refractivity contribution is 0.199. The van der Waals surface area contributed by atoms with Gasteiger partial charge in [-0.05, 0) is 37.1 Å². The van der Waals surface area contributed by atoms with Gasteiger partial charge in [0.25, 0.3) is 0 Å². The zero-order chi connectivity index (χ0) is 13.7. The lowest BCUT2D eigenvalue weighted by atomic mass is 10.1. The molecule has 2 aromatic rings. The Morgan fingerprint density at radius 1 is 1.21 bits per heavy atom. The number of rotatable bonds is 5. The number of hydrogen-bond donors (Lipinski definition) is 1. The summed E-state index contributed by atoms with van der Waals surface area (Å²) < 4.78 is 0. The predicted molar refractivity (Wildman–Crippen MR) is 76.1 cm³/mol. The summed E-state index contributed by atoms with van der Waals surface area (Å²) >= 11 is 0. The Kier molecular flexibility index (Phi) is 4.47. The predicted octanol–water partition coefficient (Wildman–Crippen LogP) is 2.21. The van der Waals surface area contributed by atoms with Crippen molar-refractivity contribution in [3.63, 3.8) is 0 Å². The van der Waals surface area contributed by atoms with Gasteiger partial charge in [0.1, 0.15) is 5.82 Å². The van der Waals surface area contributed by atoms with E-state index < -0.39 is 6.10 Å². The summed E-state index contributed by atoms with van der Waals surface area (Å²) in [5, 5.41) is 9.76. The smallest absolute Gasteiger partial charge is 0.134 e. The van der Waals surface area contributed by atoms with E-state index in [9.17, 15) is 5.11 Å². The zero-order valence-electron chi connectivity index (χ0n) is 11.3. The molecular weight excluding hydrogens is 238 g/mol. The van der Waals surface area contributed by atoms with Crippen molar-refractivity contribution in [1.82, 2.24) is 9.97 Å². The third-order valence-electron chi connectivity index (χ3n) is 3.11. The van der Waals surface area contributed by atoms with Crippen molar-refractivity contribution in [1.29, 1.82) is 0 Å². The van der Waals surface area contributed by atoms with E-state index in [2.05, 4.69) is 14.9 Å². The average Bonchev–Trinajstić information content (AvgIpc) is 2.46. The second-order valence-electron chi connectivity index (χ2n) is 4.62. The molecule has 19 heavy (non-hydrogen) atoms. The second kappa shape index (κ2) is 6.29. The molecule has 2 aromatic heterocycles. The van der Waals surface area contributed by atoms with Gasteiger partial charge in [-0.25, -0.2) is 4.98 Å². The third kappa shape index (κ3) is 3.51. The van der Waals surface area contributed by atoms with Crippen molar-refractivity contribution in [3.05, 3.63) is 54.0 Å². The van der Waals surface area contributed by atoms with Crippen molar-refractivity contribution in [3.8, 4) is 0 Å². The maximum atomic E-state index is 9.76. The lowest BCUT2D eigenvalue weighted by Crippen LogP contribution is -2.23. The van der Waals surface area contributed by atoms with Gasteiger partial charge in [-0.1, -0.05) is 6.07 Å². The van der Waals surface area contributed by atoms with Gasteiger partial charge >= 0.3 is 0 Å². The first-order chi connectivity index (χ1) is 9.18. The molecule has 0 saturated heterocycles. The van der Waals surface area contributed by atoms with Crippen molar-refractivity contribution in [2.45, 2.75) is 19.4 Å². The Morgan fingerprint density at radius 2 is 1.95 bits per heavy atom. The molecule has 1 N–H and O–H groups in total. The normalized spacial score (nSPS) is 12.2. The van der Waals surface area contributed by atoms with E-state index in [1.54, 1.807) is 25.5 Å². The minimum atomic E-state index is -0.507. The molecule has 0 aliphatic carbocycles. The van der Waals surface area contributed by atoms with Crippen molar-refractivity contribution in [2.24, 2.45) is 0 Å². The molecule has 2 heterocycles. The zero-order valence-corrected chi connectivity index (χ0v) is 11.3. The number of hydrogen-bond acceptors (Lipinski definition) is 4. The van der Waals surface area contributed by atoms with Crippen molar-refractivity contribution in [2.75, 3.05) is 18.5 Å². The first kappa shape index (κ1) is 13.5. The van der Waals surface area contributed by atoms with E-state index in [0.717, 1.165) is 24.3 Å². The Hall–Kier alpha value is -1.94. The van der Waals surface area contributed by atoms with Crippen LogP contribution in [0.3, 0.4) is 0 Å². The molecule has 100 valence electrons. The Balaban J connectivity index is 2.06. The summed E-state index contributed by atoms with van der Waals surface area (Å²) in [4.78, 5) is 10.4. The first-order valence-corrected chi connectivity index (χ1v) is 6.41. The van der Waals surface area contributed by atoms with Gasteiger partial charge in [-0.2, -0.15) is 0 Å². The van der Waals surface area contributed by atoms with E-state index >= 15 is 0 Å². The van der Waals surface area contributed by atoms with Crippen LogP contribution in [0.15, 0.2) is 42.9 Å². The molecule has 0 radical (unpaired) electrons. The SMILES string of the molecule is CC(O)c1cccnc1N(C)CCc1ccncc1. The quantitative estimate of drug-likeness (QED) is 0.892. The van der Waals surface area contributed by atoms with E-state index in [4.69, 9.17) is 0 Å². The summed E-state index contributed by atoms with van der Waals surface area (Å²) in [6.07, 6.45) is 5.78. The van der Waals surface area contributed by atoms with Crippen LogP contribution in [0.4, 0.5) is 5.82 Å². The number of likely N-dealkylation sites (N-methyl/N-ethyl adjacent to an activating group) is 1. The molecule has 0 aliphatic heterocycles. The van der Waals surface area contributed by atoms with Gasteiger partial charge in [0, 0.05) is 37.7 Å². The second-order valence-corrected chi connectivity index (χ2v) is 4.62. The fourth-order valence-corrected chi connectivity index (χ4v) is 2.01. The molecule has 4 nitrogen and oxygen atoms in total. The van der Waals surface area contributed by atoms with Crippen LogP contribution in [0, 0.1) is 0 Å². The minimum Gasteiger partial charge on any atom is -0.389 e. The van der Waals surface area contributed by atoms with E-state index in [1.165, 1.54) is 5.56 Å². The highest BCUT2D eigenvalue weighted by molar-refractivity contribution is 5.47. The van der Waals surface area contributed by atoms with Crippen molar-refractivity contribution < 1.29 is 5.11 Å². The molecule has 0 spiro atoms. The number of aromatic nitrogens is 2. The molecule has 4 heteroatoms. The van der Waals surface area contributed by atoms with Gasteiger partial charge < -0.3 is 10.0 Å². The van der Waals surface area contributed by atoms with Crippen molar-refractivity contribution >= 4 is 5.82 Å². The average molecular weight is 257 g/mol. The fraction of sp³-hybridized carbons (Fsp3) is 0.333. The van der Waals surface area contributed by atoms with Crippen LogP contribution in [0.1, 0.15) is 24.2 Å². The summed E-state index contributed by atoms with van der Waals surface area (Å²) in [6, 6.07) is 7.79. The van der Waals surface area contributed by atoms with Gasteiger partial charge in [0.15, 0.2) is 0 Å². The fourth-order valence-electron chi connectivity index (χ4n) is 2.01. The van der Waals surface area contributed by atoms with Gasteiger partial charge in [0.05, 0.1) is 6.10 Å².